The molecule has 1 N–H and O–H groups in total. The van der Waals surface area contributed by atoms with Gasteiger partial charge in [-0.2, -0.15) is 0 Å². The average molecular weight is 696 g/mol. The Labute approximate surface area is 317 Å². The molecule has 3 nitrogen and oxygen atoms in total. The highest BCUT2D eigenvalue weighted by Gasteiger charge is 2.36. The summed E-state index contributed by atoms with van der Waals surface area (Å²) < 4.78 is 0. The van der Waals surface area contributed by atoms with Gasteiger partial charge in [-0.25, -0.2) is 9.98 Å². The largest absolute Gasteiger partial charge is 0.344 e. The van der Waals surface area contributed by atoms with E-state index in [9.17, 15) is 0 Å². The van der Waals surface area contributed by atoms with Crippen molar-refractivity contribution in [2.75, 3.05) is 0 Å². The van der Waals surface area contributed by atoms with Gasteiger partial charge in [0.05, 0.1) is 0 Å². The smallest absolute Gasteiger partial charge is 0.159 e. The third kappa shape index (κ3) is 5.10. The summed E-state index contributed by atoms with van der Waals surface area (Å²) in [4.78, 5) is 10.3. The van der Waals surface area contributed by atoms with Crippen LogP contribution in [-0.2, 0) is 10.8 Å². The standard InChI is InChI=1S/C51H41N3/c1-50(2)43-16-10-8-14-39(43)41-28-26-37(30-45(41)50)32-18-22-35(23-19-32)48-52-47(34-12-6-5-7-13-34)53-49(54-48)36-24-20-33(21-25-36)38-27-29-42-40-15-9-11-17-44(40)51(3,4)46(42)31-38/h5-31,48H,1-4H3,(H,52,53,54). The summed E-state index contributed by atoms with van der Waals surface area (Å²) in [6.07, 6.45) is -0.282. The van der Waals surface area contributed by atoms with Gasteiger partial charge in [-0.05, 0) is 84.5 Å². The topological polar surface area (TPSA) is 36.8 Å². The van der Waals surface area contributed by atoms with E-state index in [4.69, 9.17) is 9.98 Å². The lowest BCUT2D eigenvalue weighted by atomic mass is 9.81. The quantitative estimate of drug-likeness (QED) is 0.191. The Morgan fingerprint density at radius 2 is 0.852 bits per heavy atom. The first-order valence-electron chi connectivity index (χ1n) is 18.9. The van der Waals surface area contributed by atoms with Crippen molar-refractivity contribution in [1.82, 2.24) is 5.32 Å². The first-order chi connectivity index (χ1) is 26.3. The van der Waals surface area contributed by atoms with Crippen LogP contribution in [-0.4, -0.2) is 11.7 Å². The lowest BCUT2D eigenvalue weighted by Crippen LogP contribution is -2.33. The first-order valence-corrected chi connectivity index (χ1v) is 18.9. The first kappa shape index (κ1) is 32.3. The molecule has 1 aliphatic heterocycles. The number of nitrogens with zero attached hydrogens (tertiary/aromatic N) is 2. The lowest BCUT2D eigenvalue weighted by Gasteiger charge is -2.24. The summed E-state index contributed by atoms with van der Waals surface area (Å²) in [5.74, 6) is 1.54. The van der Waals surface area contributed by atoms with Crippen molar-refractivity contribution >= 4 is 11.7 Å². The molecule has 10 rings (SSSR count). The molecule has 7 aromatic carbocycles. The Bertz CT molecular complexity index is 2660. The molecule has 3 heteroatoms. The third-order valence-corrected chi connectivity index (χ3v) is 12.0. The number of fused-ring (bicyclic) bond motifs is 6. The summed E-state index contributed by atoms with van der Waals surface area (Å²) >= 11 is 0. The maximum absolute atomic E-state index is 5.20. The molecule has 0 spiro atoms. The van der Waals surface area contributed by atoms with Gasteiger partial charge in [-0.15, -0.1) is 0 Å². The van der Waals surface area contributed by atoms with E-state index < -0.39 is 0 Å². The van der Waals surface area contributed by atoms with Gasteiger partial charge in [-0.3, -0.25) is 0 Å². The van der Waals surface area contributed by atoms with Crippen LogP contribution in [0.4, 0.5) is 0 Å². The molecule has 0 aromatic heterocycles. The van der Waals surface area contributed by atoms with E-state index in [0.29, 0.717) is 0 Å². The molecule has 0 bridgehead atoms. The van der Waals surface area contributed by atoms with Crippen LogP contribution < -0.4 is 5.32 Å². The van der Waals surface area contributed by atoms with E-state index in [1.54, 1.807) is 0 Å². The molecule has 3 aliphatic rings. The van der Waals surface area contributed by atoms with E-state index >= 15 is 0 Å². The maximum atomic E-state index is 5.20. The van der Waals surface area contributed by atoms with Gasteiger partial charge in [0.15, 0.2) is 5.84 Å². The van der Waals surface area contributed by atoms with Crippen LogP contribution in [0, 0.1) is 0 Å². The van der Waals surface area contributed by atoms with Crippen LogP contribution in [0.2, 0.25) is 0 Å². The summed E-state index contributed by atoms with van der Waals surface area (Å²) in [5.41, 5.74) is 18.8. The van der Waals surface area contributed by atoms with Crippen molar-refractivity contribution in [2.24, 2.45) is 9.98 Å². The fourth-order valence-electron chi connectivity index (χ4n) is 8.93. The van der Waals surface area contributed by atoms with Crippen molar-refractivity contribution < 1.29 is 0 Å². The minimum atomic E-state index is -0.282. The van der Waals surface area contributed by atoms with Crippen LogP contribution in [0.25, 0.3) is 44.5 Å². The Balaban J connectivity index is 0.959. The third-order valence-electron chi connectivity index (χ3n) is 12.0. The van der Waals surface area contributed by atoms with Gasteiger partial charge >= 0.3 is 0 Å². The fourth-order valence-corrected chi connectivity index (χ4v) is 8.93. The summed E-state index contributed by atoms with van der Waals surface area (Å²) in [6, 6.07) is 59.4. The van der Waals surface area contributed by atoms with Gasteiger partial charge in [0.1, 0.15) is 12.0 Å². The van der Waals surface area contributed by atoms with Crippen molar-refractivity contribution in [3.63, 3.8) is 0 Å². The molecule has 1 atom stereocenters. The fraction of sp³-hybridized carbons (Fsp3) is 0.137. The zero-order valence-corrected chi connectivity index (χ0v) is 31.1. The summed E-state index contributed by atoms with van der Waals surface area (Å²) in [5, 5.41) is 3.64. The van der Waals surface area contributed by atoms with Crippen LogP contribution in [0.3, 0.4) is 0 Å². The normalized spacial score (nSPS) is 17.0. The predicted octanol–water partition coefficient (Wildman–Crippen LogP) is 12.1. The van der Waals surface area contributed by atoms with Gasteiger partial charge in [0, 0.05) is 22.0 Å². The minimum Gasteiger partial charge on any atom is -0.344 e. The Morgan fingerprint density at radius 1 is 0.407 bits per heavy atom. The van der Waals surface area contributed by atoms with Crippen molar-refractivity contribution in [2.45, 2.75) is 44.7 Å². The second-order valence-electron chi connectivity index (χ2n) is 15.9. The van der Waals surface area contributed by atoms with E-state index in [1.165, 1.54) is 66.8 Å². The second kappa shape index (κ2) is 12.1. The van der Waals surface area contributed by atoms with Crippen LogP contribution in [0.15, 0.2) is 174 Å². The summed E-state index contributed by atoms with van der Waals surface area (Å²) in [6.45, 7) is 9.33. The molecule has 0 amide bonds. The highest BCUT2D eigenvalue weighted by atomic mass is 15.2. The van der Waals surface area contributed by atoms with Gasteiger partial charge < -0.3 is 5.32 Å². The molecule has 0 saturated carbocycles. The Kier molecular flexibility index (Phi) is 7.25. The highest BCUT2D eigenvalue weighted by molar-refractivity contribution is 6.13. The Morgan fingerprint density at radius 3 is 1.41 bits per heavy atom. The zero-order chi connectivity index (χ0) is 36.6. The number of hydrogen-bond acceptors (Lipinski definition) is 3. The number of aliphatic imine (C=N–C) groups is 2. The predicted molar refractivity (Wildman–Crippen MR) is 224 cm³/mol. The van der Waals surface area contributed by atoms with Gasteiger partial charge in [0.25, 0.3) is 0 Å². The molecule has 0 radical (unpaired) electrons. The van der Waals surface area contributed by atoms with Crippen LogP contribution in [0.5, 0.6) is 0 Å². The van der Waals surface area contributed by atoms with Crippen LogP contribution >= 0.6 is 0 Å². The van der Waals surface area contributed by atoms with E-state index in [2.05, 4.69) is 191 Å². The van der Waals surface area contributed by atoms with Gasteiger partial charge in [0.2, 0.25) is 0 Å². The van der Waals surface area contributed by atoms with Crippen molar-refractivity contribution in [3.8, 4) is 44.5 Å². The molecule has 2 aliphatic carbocycles. The van der Waals surface area contributed by atoms with Crippen molar-refractivity contribution in [1.29, 1.82) is 0 Å². The number of rotatable bonds is 5. The molecule has 0 fully saturated rings. The maximum Gasteiger partial charge on any atom is 0.159 e. The van der Waals surface area contributed by atoms with Crippen LogP contribution in [0.1, 0.15) is 72.8 Å². The molecule has 0 saturated heterocycles. The minimum absolute atomic E-state index is 0.0327. The number of benzene rings is 7. The molecule has 1 heterocycles. The van der Waals surface area contributed by atoms with E-state index in [-0.39, 0.29) is 17.0 Å². The molecular formula is C51H41N3. The van der Waals surface area contributed by atoms with E-state index in [0.717, 1.165) is 28.4 Å². The second-order valence-corrected chi connectivity index (χ2v) is 15.9. The highest BCUT2D eigenvalue weighted by Crippen LogP contribution is 2.50. The molecular weight excluding hydrogens is 655 g/mol. The number of hydrogen-bond donors (Lipinski definition) is 1. The van der Waals surface area contributed by atoms with E-state index in [1.807, 2.05) is 6.07 Å². The summed E-state index contributed by atoms with van der Waals surface area (Å²) in [7, 11) is 0. The zero-order valence-electron chi connectivity index (χ0n) is 31.1. The van der Waals surface area contributed by atoms with Gasteiger partial charge in [-0.1, -0.05) is 179 Å². The number of amidine groups is 2. The molecule has 260 valence electrons. The average Bonchev–Trinajstić information content (AvgIpc) is 3.60. The molecule has 1 unspecified atom stereocenters. The SMILES string of the molecule is CC1(C)c2ccccc2-c2ccc(-c3ccc(C4=NC(c5ccc(-c6ccc7c(c6)C(C)(C)c6ccccc6-7)cc5)NC(c5ccccc5)=N4)cc3)cc21. The lowest BCUT2D eigenvalue weighted by molar-refractivity contribution is 0.660. The molecule has 7 aromatic rings. The van der Waals surface area contributed by atoms with Crippen molar-refractivity contribution in [3.05, 3.63) is 203 Å². The number of nitrogens with one attached hydrogen (secondary N) is 1. The molecule has 54 heavy (non-hydrogen) atoms. The monoisotopic (exact) mass is 695 g/mol. The Hall–Kier alpha value is -6.32.